The zero-order valence-corrected chi connectivity index (χ0v) is 11.8. The van der Waals surface area contributed by atoms with Crippen molar-refractivity contribution in [2.24, 2.45) is 0 Å². The molecule has 0 aliphatic carbocycles. The summed E-state index contributed by atoms with van der Waals surface area (Å²) >= 11 is 6.76. The first kappa shape index (κ1) is 14.9. The number of carbonyl (C=O) groups excluding carboxylic acids is 1. The second-order valence-corrected chi connectivity index (χ2v) is 5.66. The molecule has 7 nitrogen and oxygen atoms in total. The molecule has 0 bridgehead atoms. The van der Waals surface area contributed by atoms with Crippen LogP contribution in [0.2, 0.25) is 4.34 Å². The zero-order chi connectivity index (χ0) is 15.6. The summed E-state index contributed by atoms with van der Waals surface area (Å²) in [6.07, 6.45) is 0.941. The monoisotopic (exact) mass is 323 g/mol. The number of hydrogen-bond acceptors (Lipinski definition) is 6. The van der Waals surface area contributed by atoms with Crippen LogP contribution in [0.4, 0.5) is 5.69 Å². The number of rotatable bonds is 4. The Labute approximate surface area is 126 Å². The molecule has 9 heteroatoms. The summed E-state index contributed by atoms with van der Waals surface area (Å²) in [5.41, 5.74) is -1.57. The van der Waals surface area contributed by atoms with Gasteiger partial charge in [0.1, 0.15) is 11.6 Å². The summed E-state index contributed by atoms with van der Waals surface area (Å²) in [6, 6.07) is 5.50. The summed E-state index contributed by atoms with van der Waals surface area (Å²) in [4.78, 5) is 34.3. The fourth-order valence-corrected chi connectivity index (χ4v) is 2.59. The highest BCUT2D eigenvalue weighted by Crippen LogP contribution is 2.22. The van der Waals surface area contributed by atoms with Gasteiger partial charge in [0.15, 0.2) is 5.78 Å². The molecule has 0 aliphatic rings. The molecule has 2 aromatic rings. The highest BCUT2D eigenvalue weighted by atomic mass is 35.5. The third-order valence-electron chi connectivity index (χ3n) is 2.56. The number of nitriles is 1. The Morgan fingerprint density at radius 3 is 2.76 bits per heavy atom. The lowest BCUT2D eigenvalue weighted by atomic mass is 10.2. The molecule has 0 aromatic carbocycles. The SMILES string of the molecule is N#Cc1cc([N+](=O)[O-])cn(CC(=O)c2ccc(Cl)s2)c1=O. The van der Waals surface area contributed by atoms with Crippen molar-refractivity contribution < 1.29 is 9.72 Å². The molecule has 0 saturated carbocycles. The lowest BCUT2D eigenvalue weighted by molar-refractivity contribution is -0.385. The second kappa shape index (κ2) is 5.87. The third kappa shape index (κ3) is 3.16. The number of pyridine rings is 1. The lowest BCUT2D eigenvalue weighted by Crippen LogP contribution is -2.26. The minimum absolute atomic E-state index is 0.330. The van der Waals surface area contributed by atoms with Gasteiger partial charge in [0.25, 0.3) is 11.2 Å². The van der Waals surface area contributed by atoms with Crippen LogP contribution in [0.25, 0.3) is 0 Å². The molecular formula is C12H6ClN3O4S. The van der Waals surface area contributed by atoms with Gasteiger partial charge in [-0.05, 0) is 12.1 Å². The van der Waals surface area contributed by atoms with E-state index in [1.54, 1.807) is 6.07 Å². The molecule has 2 rings (SSSR count). The van der Waals surface area contributed by atoms with E-state index in [4.69, 9.17) is 16.9 Å². The first-order valence-corrected chi connectivity index (χ1v) is 6.69. The molecule has 21 heavy (non-hydrogen) atoms. The van der Waals surface area contributed by atoms with Gasteiger partial charge in [-0.25, -0.2) is 0 Å². The van der Waals surface area contributed by atoms with E-state index in [0.717, 1.165) is 28.2 Å². The van der Waals surface area contributed by atoms with Crippen LogP contribution in [0.15, 0.2) is 29.2 Å². The minimum atomic E-state index is -0.751. The van der Waals surface area contributed by atoms with Gasteiger partial charge < -0.3 is 0 Å². The maximum atomic E-state index is 12.0. The van der Waals surface area contributed by atoms with Crippen molar-refractivity contribution in [3.63, 3.8) is 0 Å². The quantitative estimate of drug-likeness (QED) is 0.487. The van der Waals surface area contributed by atoms with Crippen molar-refractivity contribution in [3.05, 3.63) is 59.6 Å². The van der Waals surface area contributed by atoms with E-state index in [-0.39, 0.29) is 5.56 Å². The highest BCUT2D eigenvalue weighted by Gasteiger charge is 2.17. The van der Waals surface area contributed by atoms with Crippen molar-refractivity contribution in [1.82, 2.24) is 4.57 Å². The number of nitro groups is 1. The van der Waals surface area contributed by atoms with Crippen LogP contribution in [0.3, 0.4) is 0 Å². The summed E-state index contributed by atoms with van der Waals surface area (Å²) in [7, 11) is 0. The Morgan fingerprint density at radius 1 is 1.52 bits per heavy atom. The Morgan fingerprint density at radius 2 is 2.24 bits per heavy atom. The molecule has 0 aliphatic heterocycles. The predicted molar refractivity (Wildman–Crippen MR) is 75.7 cm³/mol. The van der Waals surface area contributed by atoms with Gasteiger partial charge in [0.05, 0.1) is 26.9 Å². The van der Waals surface area contributed by atoms with Crippen LogP contribution in [-0.4, -0.2) is 15.3 Å². The number of Topliss-reactive ketones (excluding diaryl/α,β-unsaturated/α-hetero) is 1. The van der Waals surface area contributed by atoms with E-state index < -0.39 is 28.5 Å². The van der Waals surface area contributed by atoms with Crippen LogP contribution in [0, 0.1) is 21.4 Å². The van der Waals surface area contributed by atoms with E-state index in [2.05, 4.69) is 0 Å². The highest BCUT2D eigenvalue weighted by molar-refractivity contribution is 7.18. The van der Waals surface area contributed by atoms with Gasteiger partial charge in [0, 0.05) is 6.07 Å². The molecule has 0 saturated heterocycles. The number of carbonyl (C=O) groups is 1. The molecule has 0 amide bonds. The lowest BCUT2D eigenvalue weighted by Gasteiger charge is -2.04. The zero-order valence-electron chi connectivity index (χ0n) is 10.3. The molecule has 2 heterocycles. The van der Waals surface area contributed by atoms with E-state index in [1.807, 2.05) is 0 Å². The van der Waals surface area contributed by atoms with Crippen LogP contribution < -0.4 is 5.56 Å². The average molecular weight is 324 g/mol. The number of nitrogens with zero attached hydrogens (tertiary/aromatic N) is 3. The first-order chi connectivity index (χ1) is 9.92. The number of hydrogen-bond donors (Lipinski definition) is 0. The Kier molecular flexibility index (Phi) is 4.16. The van der Waals surface area contributed by atoms with Crippen molar-refractivity contribution in [2.45, 2.75) is 6.54 Å². The van der Waals surface area contributed by atoms with Crippen LogP contribution in [0.5, 0.6) is 0 Å². The molecule has 0 fully saturated rings. The van der Waals surface area contributed by atoms with Gasteiger partial charge in [-0.1, -0.05) is 11.6 Å². The maximum Gasteiger partial charge on any atom is 0.287 e. The Balaban J connectivity index is 2.42. The predicted octanol–water partition coefficient (Wildman–Crippen LogP) is 2.23. The number of halogens is 1. The van der Waals surface area contributed by atoms with Crippen molar-refractivity contribution in [2.75, 3.05) is 0 Å². The number of aromatic nitrogens is 1. The topological polar surface area (TPSA) is 106 Å². The van der Waals surface area contributed by atoms with Crippen LogP contribution in [0.1, 0.15) is 15.2 Å². The standard InChI is InChI=1S/C12H6ClN3O4S/c13-11-2-1-10(21-11)9(17)6-15-5-8(16(19)20)3-7(4-14)12(15)18/h1-3,5H,6H2. The molecule has 2 aromatic heterocycles. The van der Waals surface area contributed by atoms with Crippen molar-refractivity contribution in [3.8, 4) is 6.07 Å². The first-order valence-electron chi connectivity index (χ1n) is 5.50. The van der Waals surface area contributed by atoms with E-state index in [1.165, 1.54) is 12.1 Å². The molecule has 106 valence electrons. The van der Waals surface area contributed by atoms with Gasteiger partial charge in [-0.3, -0.25) is 24.3 Å². The Hall–Kier alpha value is -2.50. The summed E-state index contributed by atoms with van der Waals surface area (Å²) in [5, 5.41) is 19.6. The van der Waals surface area contributed by atoms with Gasteiger partial charge in [0.2, 0.25) is 0 Å². The van der Waals surface area contributed by atoms with E-state index >= 15 is 0 Å². The van der Waals surface area contributed by atoms with Crippen LogP contribution >= 0.6 is 22.9 Å². The van der Waals surface area contributed by atoms with Crippen molar-refractivity contribution >= 4 is 34.4 Å². The summed E-state index contributed by atoms with van der Waals surface area (Å²) in [5.74, 6) is -0.418. The fraction of sp³-hybridized carbons (Fsp3) is 0.0833. The molecule has 0 atom stereocenters. The van der Waals surface area contributed by atoms with Crippen molar-refractivity contribution in [1.29, 1.82) is 5.26 Å². The molecule has 0 unspecified atom stereocenters. The molecule has 0 radical (unpaired) electrons. The molecular weight excluding hydrogens is 318 g/mol. The normalized spacial score (nSPS) is 10.1. The second-order valence-electron chi connectivity index (χ2n) is 3.94. The number of thiophene rings is 1. The minimum Gasteiger partial charge on any atom is -0.300 e. The smallest absolute Gasteiger partial charge is 0.287 e. The van der Waals surface area contributed by atoms with E-state index in [9.17, 15) is 19.7 Å². The average Bonchev–Trinajstić information content (AvgIpc) is 2.87. The number of ketones is 1. The van der Waals surface area contributed by atoms with Gasteiger partial charge in [-0.15, -0.1) is 11.3 Å². The van der Waals surface area contributed by atoms with Gasteiger partial charge >= 0.3 is 0 Å². The Bertz CT molecular complexity index is 834. The summed E-state index contributed by atoms with van der Waals surface area (Å²) < 4.78 is 1.27. The third-order valence-corrected chi connectivity index (χ3v) is 3.84. The largest absolute Gasteiger partial charge is 0.300 e. The fourth-order valence-electron chi connectivity index (χ4n) is 1.61. The van der Waals surface area contributed by atoms with Gasteiger partial charge in [-0.2, -0.15) is 5.26 Å². The van der Waals surface area contributed by atoms with E-state index in [0.29, 0.717) is 9.21 Å². The molecule has 0 N–H and O–H groups in total. The summed E-state index contributed by atoms with van der Waals surface area (Å²) in [6.45, 7) is -0.397. The maximum absolute atomic E-state index is 12.0. The van der Waals surface area contributed by atoms with Crippen LogP contribution in [-0.2, 0) is 6.54 Å². The molecule has 0 spiro atoms.